The van der Waals surface area contributed by atoms with Crippen LogP contribution in [0.3, 0.4) is 0 Å². The first-order valence-corrected chi connectivity index (χ1v) is 9.34. The van der Waals surface area contributed by atoms with Gasteiger partial charge in [0.25, 0.3) is 0 Å². The van der Waals surface area contributed by atoms with Gasteiger partial charge in [0, 0.05) is 49.0 Å². The molecule has 0 unspecified atom stereocenters. The minimum atomic E-state index is 0. The van der Waals surface area contributed by atoms with Crippen LogP contribution >= 0.6 is 24.0 Å². The number of hydrogen-bond acceptors (Lipinski definition) is 4. The van der Waals surface area contributed by atoms with E-state index in [1.807, 2.05) is 47.3 Å². The topological polar surface area (TPSA) is 37.2 Å². The molecule has 2 aromatic carbocycles. The Kier molecular flexibility index (Phi) is 6.72. The number of benzene rings is 2. The highest BCUT2D eigenvalue weighted by Crippen LogP contribution is 2.21. The molecule has 1 fully saturated rings. The minimum absolute atomic E-state index is 0. The first kappa shape index (κ1) is 19.7. The van der Waals surface area contributed by atoms with Crippen molar-refractivity contribution in [2.24, 2.45) is 0 Å². The van der Waals surface area contributed by atoms with Crippen LogP contribution in [-0.2, 0) is 6.54 Å². The second-order valence-electron chi connectivity index (χ2n) is 6.52. The zero-order chi connectivity index (χ0) is 17.8. The van der Waals surface area contributed by atoms with Crippen LogP contribution in [0.2, 0.25) is 5.02 Å². The fourth-order valence-corrected chi connectivity index (χ4v) is 3.58. The molecule has 27 heavy (non-hydrogen) atoms. The monoisotopic (exact) mass is 403 g/mol. The Morgan fingerprint density at radius 1 is 0.889 bits per heavy atom. The lowest BCUT2D eigenvalue weighted by Gasteiger charge is -2.36. The molecule has 0 N–H and O–H groups in total. The van der Waals surface area contributed by atoms with Crippen molar-refractivity contribution in [3.63, 3.8) is 0 Å². The molecule has 5 nitrogen and oxygen atoms in total. The summed E-state index contributed by atoms with van der Waals surface area (Å²) in [6.07, 6.45) is 1.84. The van der Waals surface area contributed by atoms with Gasteiger partial charge < -0.3 is 4.90 Å². The van der Waals surface area contributed by atoms with Crippen molar-refractivity contribution in [3.05, 3.63) is 65.8 Å². The van der Waals surface area contributed by atoms with Gasteiger partial charge >= 0.3 is 0 Å². The predicted molar refractivity (Wildman–Crippen MR) is 113 cm³/mol. The smallest absolute Gasteiger partial charge is 0.0886 e. The molecule has 142 valence electrons. The van der Waals surface area contributed by atoms with Gasteiger partial charge in [0.1, 0.15) is 0 Å². The molecular weight excluding hydrogens is 381 g/mol. The summed E-state index contributed by atoms with van der Waals surface area (Å²) in [5, 5.41) is 9.16. The number of nitrogens with zero attached hydrogens (tertiary/aromatic N) is 5. The largest absolute Gasteiger partial charge is 0.369 e. The van der Waals surface area contributed by atoms with Crippen molar-refractivity contribution in [3.8, 4) is 11.3 Å². The summed E-state index contributed by atoms with van der Waals surface area (Å²) in [5.74, 6) is 0. The number of aromatic nitrogens is 3. The highest BCUT2D eigenvalue weighted by atomic mass is 35.5. The first-order chi connectivity index (χ1) is 12.8. The molecule has 4 rings (SSSR count). The fraction of sp³-hybridized carbons (Fsp3) is 0.300. The Morgan fingerprint density at radius 3 is 2.41 bits per heavy atom. The van der Waals surface area contributed by atoms with Crippen LogP contribution in [0.25, 0.3) is 11.3 Å². The van der Waals surface area contributed by atoms with Crippen molar-refractivity contribution >= 4 is 29.7 Å². The van der Waals surface area contributed by atoms with Gasteiger partial charge in [0.05, 0.1) is 18.4 Å². The average molecular weight is 404 g/mol. The van der Waals surface area contributed by atoms with E-state index in [0.29, 0.717) is 0 Å². The molecule has 3 aromatic rings. The molecule has 0 aliphatic carbocycles. The van der Waals surface area contributed by atoms with E-state index in [1.54, 1.807) is 0 Å². The van der Waals surface area contributed by atoms with E-state index in [-0.39, 0.29) is 12.4 Å². The van der Waals surface area contributed by atoms with Gasteiger partial charge in [-0.15, -0.1) is 17.5 Å². The summed E-state index contributed by atoms with van der Waals surface area (Å²) in [4.78, 5) is 4.88. The Morgan fingerprint density at radius 2 is 1.67 bits per heavy atom. The third-order valence-corrected chi connectivity index (χ3v) is 5.10. The van der Waals surface area contributed by atoms with E-state index in [1.165, 1.54) is 5.69 Å². The third kappa shape index (κ3) is 4.80. The van der Waals surface area contributed by atoms with Gasteiger partial charge in [-0.05, 0) is 18.2 Å². The van der Waals surface area contributed by atoms with Gasteiger partial charge in [-0.25, -0.2) is 4.68 Å². The van der Waals surface area contributed by atoms with Gasteiger partial charge in [0.2, 0.25) is 0 Å². The van der Waals surface area contributed by atoms with E-state index in [9.17, 15) is 0 Å². The normalized spacial score (nSPS) is 14.8. The van der Waals surface area contributed by atoms with Crippen molar-refractivity contribution in [2.75, 3.05) is 37.6 Å². The van der Waals surface area contributed by atoms with Crippen LogP contribution in [0.1, 0.15) is 0 Å². The number of halogens is 2. The highest BCUT2D eigenvalue weighted by Gasteiger charge is 2.17. The summed E-state index contributed by atoms with van der Waals surface area (Å²) in [6, 6.07) is 18.4. The summed E-state index contributed by atoms with van der Waals surface area (Å²) in [6.45, 7) is 5.95. The highest BCUT2D eigenvalue weighted by molar-refractivity contribution is 6.30. The summed E-state index contributed by atoms with van der Waals surface area (Å²) < 4.78 is 2.00. The molecule has 1 saturated heterocycles. The van der Waals surface area contributed by atoms with Crippen LogP contribution in [-0.4, -0.2) is 52.6 Å². The van der Waals surface area contributed by atoms with Crippen molar-refractivity contribution in [1.82, 2.24) is 19.9 Å². The molecule has 0 saturated carbocycles. The summed E-state index contributed by atoms with van der Waals surface area (Å²) in [5.41, 5.74) is 3.44. The Bertz CT molecular complexity index is 844. The zero-order valence-corrected chi connectivity index (χ0v) is 16.6. The van der Waals surface area contributed by atoms with E-state index in [0.717, 1.165) is 55.5 Å². The standard InChI is InChI=1S/C20H22ClN5.ClH/c21-18-7-4-8-19(15-18)25-12-9-24(10-13-25)11-14-26-20(16-22-23-26)17-5-2-1-3-6-17;/h1-8,15-16H,9-14H2;1H. The average Bonchev–Trinajstić information content (AvgIpc) is 3.16. The van der Waals surface area contributed by atoms with Crippen molar-refractivity contribution in [2.45, 2.75) is 6.54 Å². The van der Waals surface area contributed by atoms with E-state index in [4.69, 9.17) is 11.6 Å². The zero-order valence-electron chi connectivity index (χ0n) is 15.0. The third-order valence-electron chi connectivity index (χ3n) is 4.86. The van der Waals surface area contributed by atoms with Crippen LogP contribution in [0.4, 0.5) is 5.69 Å². The lowest BCUT2D eigenvalue weighted by molar-refractivity contribution is 0.244. The molecular formula is C20H23Cl2N5. The SMILES string of the molecule is Cl.Clc1cccc(N2CCN(CCn3nncc3-c3ccccc3)CC2)c1. The number of piperazine rings is 1. The molecule has 7 heteroatoms. The molecule has 2 heterocycles. The maximum absolute atomic E-state index is 6.11. The quantitative estimate of drug-likeness (QED) is 0.648. The maximum atomic E-state index is 6.11. The summed E-state index contributed by atoms with van der Waals surface area (Å²) >= 11 is 6.11. The molecule has 1 aliphatic rings. The Hall–Kier alpha value is -2.08. The molecule has 0 bridgehead atoms. The number of hydrogen-bond donors (Lipinski definition) is 0. The Balaban J connectivity index is 0.00000210. The maximum Gasteiger partial charge on any atom is 0.0886 e. The lowest BCUT2D eigenvalue weighted by Crippen LogP contribution is -2.47. The molecule has 0 spiro atoms. The lowest BCUT2D eigenvalue weighted by atomic mass is 10.2. The number of anilines is 1. The molecule has 1 aromatic heterocycles. The van der Waals surface area contributed by atoms with Crippen molar-refractivity contribution in [1.29, 1.82) is 0 Å². The van der Waals surface area contributed by atoms with Gasteiger partial charge in [0.15, 0.2) is 0 Å². The molecule has 1 aliphatic heterocycles. The molecule has 0 amide bonds. The minimum Gasteiger partial charge on any atom is -0.369 e. The number of rotatable bonds is 5. The first-order valence-electron chi connectivity index (χ1n) is 8.96. The van der Waals surface area contributed by atoms with Gasteiger partial charge in [-0.3, -0.25) is 4.90 Å². The Labute approximate surface area is 171 Å². The van der Waals surface area contributed by atoms with E-state index < -0.39 is 0 Å². The van der Waals surface area contributed by atoms with Crippen LogP contribution in [0, 0.1) is 0 Å². The van der Waals surface area contributed by atoms with Crippen LogP contribution < -0.4 is 4.90 Å². The van der Waals surface area contributed by atoms with E-state index in [2.05, 4.69) is 38.3 Å². The summed E-state index contributed by atoms with van der Waals surface area (Å²) in [7, 11) is 0. The van der Waals surface area contributed by atoms with Crippen LogP contribution in [0.5, 0.6) is 0 Å². The van der Waals surface area contributed by atoms with E-state index >= 15 is 0 Å². The predicted octanol–water partition coefficient (Wildman–Crippen LogP) is 3.84. The van der Waals surface area contributed by atoms with Crippen LogP contribution in [0.15, 0.2) is 60.8 Å². The fourth-order valence-electron chi connectivity index (χ4n) is 3.39. The van der Waals surface area contributed by atoms with Gasteiger partial charge in [-0.1, -0.05) is 53.2 Å². The second kappa shape index (κ2) is 9.22. The van der Waals surface area contributed by atoms with Crippen molar-refractivity contribution < 1.29 is 0 Å². The second-order valence-corrected chi connectivity index (χ2v) is 6.95. The molecule has 0 radical (unpaired) electrons. The molecule has 0 atom stereocenters. The van der Waals surface area contributed by atoms with Gasteiger partial charge in [-0.2, -0.15) is 0 Å².